The molecule has 1 aliphatic heterocycles. The Balaban J connectivity index is 1.54. The van der Waals surface area contributed by atoms with Crippen molar-refractivity contribution >= 4 is 11.9 Å². The number of nitrogens with zero attached hydrogens (tertiary/aromatic N) is 1. The Bertz CT molecular complexity index is 886. The fourth-order valence-electron chi connectivity index (χ4n) is 4.19. The van der Waals surface area contributed by atoms with E-state index in [-0.39, 0.29) is 23.6 Å². The minimum absolute atomic E-state index is 0.00616. The van der Waals surface area contributed by atoms with Crippen molar-refractivity contribution in [1.29, 1.82) is 0 Å². The average Bonchev–Trinajstić information content (AvgIpc) is 2.78. The van der Waals surface area contributed by atoms with E-state index in [1.54, 1.807) is 12.1 Å². The number of rotatable bonds is 7. The standard InChI is InChI=1S/C26H35N3O3/c1-18(2)16-24(28-26(32)27-17-20-6-4-19(3)5-7-20)25(31)29-14-12-22(13-15-29)21-8-10-23(30)11-9-21/h4-11,18,22,24,30H,12-17H2,1-3H3,(H2,27,28,32). The molecule has 6 heteroatoms. The van der Waals surface area contributed by atoms with Gasteiger partial charge in [-0.05, 0) is 61.3 Å². The lowest BCUT2D eigenvalue weighted by Gasteiger charge is -2.35. The van der Waals surface area contributed by atoms with Crippen molar-refractivity contribution in [2.75, 3.05) is 13.1 Å². The van der Waals surface area contributed by atoms with Crippen molar-refractivity contribution in [2.24, 2.45) is 5.92 Å². The minimum atomic E-state index is -0.529. The number of hydrogen-bond acceptors (Lipinski definition) is 3. The molecule has 1 fully saturated rings. The van der Waals surface area contributed by atoms with E-state index in [1.165, 1.54) is 11.1 Å². The second-order valence-corrected chi connectivity index (χ2v) is 9.19. The van der Waals surface area contributed by atoms with Crippen molar-refractivity contribution in [3.63, 3.8) is 0 Å². The number of piperidine rings is 1. The van der Waals surface area contributed by atoms with E-state index in [9.17, 15) is 14.7 Å². The number of nitrogens with one attached hydrogen (secondary N) is 2. The summed E-state index contributed by atoms with van der Waals surface area (Å²) in [4.78, 5) is 27.6. The number of likely N-dealkylation sites (tertiary alicyclic amines) is 1. The third-order valence-electron chi connectivity index (χ3n) is 6.06. The zero-order valence-electron chi connectivity index (χ0n) is 19.3. The van der Waals surface area contributed by atoms with Gasteiger partial charge in [0.2, 0.25) is 5.91 Å². The zero-order chi connectivity index (χ0) is 23.1. The first kappa shape index (κ1) is 23.6. The fraction of sp³-hybridized carbons (Fsp3) is 0.462. The summed E-state index contributed by atoms with van der Waals surface area (Å²) in [6, 6.07) is 14.5. The summed E-state index contributed by atoms with van der Waals surface area (Å²) in [6.07, 6.45) is 2.36. The van der Waals surface area contributed by atoms with Gasteiger partial charge in [-0.2, -0.15) is 0 Å². The molecular weight excluding hydrogens is 402 g/mol. The molecule has 1 atom stereocenters. The topological polar surface area (TPSA) is 81.7 Å². The van der Waals surface area contributed by atoms with Gasteiger partial charge >= 0.3 is 6.03 Å². The third kappa shape index (κ3) is 6.74. The van der Waals surface area contributed by atoms with Crippen molar-refractivity contribution in [2.45, 2.75) is 58.5 Å². The lowest BCUT2D eigenvalue weighted by Crippen LogP contribution is -2.53. The van der Waals surface area contributed by atoms with Crippen molar-refractivity contribution < 1.29 is 14.7 Å². The molecule has 1 heterocycles. The maximum atomic E-state index is 13.2. The summed E-state index contributed by atoms with van der Waals surface area (Å²) in [7, 11) is 0. The molecule has 3 rings (SSSR count). The number of urea groups is 1. The smallest absolute Gasteiger partial charge is 0.315 e. The van der Waals surface area contributed by atoms with Crippen LogP contribution in [-0.2, 0) is 11.3 Å². The SMILES string of the molecule is Cc1ccc(CNC(=O)NC(CC(C)C)C(=O)N2CCC(c3ccc(O)cc3)CC2)cc1. The monoisotopic (exact) mass is 437 g/mol. The van der Waals surface area contributed by atoms with E-state index < -0.39 is 6.04 Å². The normalized spacial score (nSPS) is 15.4. The van der Waals surface area contributed by atoms with Gasteiger partial charge in [-0.25, -0.2) is 4.79 Å². The Morgan fingerprint density at radius 2 is 1.66 bits per heavy atom. The van der Waals surface area contributed by atoms with E-state index in [4.69, 9.17) is 0 Å². The molecule has 1 unspecified atom stereocenters. The molecule has 2 aromatic carbocycles. The number of phenols is 1. The molecule has 1 saturated heterocycles. The van der Waals surface area contributed by atoms with Crippen LogP contribution in [0.2, 0.25) is 0 Å². The van der Waals surface area contributed by atoms with Crippen LogP contribution in [0.4, 0.5) is 4.79 Å². The first-order valence-electron chi connectivity index (χ1n) is 11.5. The molecule has 3 N–H and O–H groups in total. The maximum Gasteiger partial charge on any atom is 0.315 e. The van der Waals surface area contributed by atoms with Crippen LogP contribution in [0, 0.1) is 12.8 Å². The molecular formula is C26H35N3O3. The molecule has 6 nitrogen and oxygen atoms in total. The summed E-state index contributed by atoms with van der Waals surface area (Å²) in [5.41, 5.74) is 3.39. The predicted octanol–water partition coefficient (Wildman–Crippen LogP) is 4.32. The van der Waals surface area contributed by atoms with Crippen molar-refractivity contribution in [3.8, 4) is 5.75 Å². The van der Waals surface area contributed by atoms with Crippen LogP contribution in [0.15, 0.2) is 48.5 Å². The minimum Gasteiger partial charge on any atom is -0.508 e. The molecule has 0 radical (unpaired) electrons. The summed E-state index contributed by atoms with van der Waals surface area (Å²) in [5.74, 6) is 0.933. The number of amides is 3. The number of carbonyl (C=O) groups is 2. The third-order valence-corrected chi connectivity index (χ3v) is 6.06. The van der Waals surface area contributed by atoms with Gasteiger partial charge in [-0.1, -0.05) is 55.8 Å². The Hall–Kier alpha value is -3.02. The van der Waals surface area contributed by atoms with Gasteiger partial charge in [0, 0.05) is 19.6 Å². The number of phenolic OH excluding ortho intramolecular Hbond substituents is 1. The zero-order valence-corrected chi connectivity index (χ0v) is 19.3. The van der Waals surface area contributed by atoms with Gasteiger partial charge < -0.3 is 20.6 Å². The molecule has 172 valence electrons. The van der Waals surface area contributed by atoms with E-state index in [1.807, 2.05) is 48.2 Å². The highest BCUT2D eigenvalue weighted by Crippen LogP contribution is 2.29. The Labute approximate surface area is 191 Å². The highest BCUT2D eigenvalue weighted by molar-refractivity contribution is 5.87. The molecule has 2 aromatic rings. The largest absolute Gasteiger partial charge is 0.508 e. The summed E-state index contributed by atoms with van der Waals surface area (Å²) in [5, 5.41) is 15.3. The Morgan fingerprint density at radius 1 is 1.03 bits per heavy atom. The molecule has 0 spiro atoms. The molecule has 1 aliphatic rings. The number of hydrogen-bond donors (Lipinski definition) is 3. The lowest BCUT2D eigenvalue weighted by molar-refractivity contribution is -0.134. The molecule has 0 aromatic heterocycles. The number of aryl methyl sites for hydroxylation is 1. The van der Waals surface area contributed by atoms with Gasteiger partial charge in [0.15, 0.2) is 0 Å². The second-order valence-electron chi connectivity index (χ2n) is 9.19. The van der Waals surface area contributed by atoms with E-state index in [2.05, 4.69) is 24.5 Å². The first-order valence-corrected chi connectivity index (χ1v) is 11.5. The van der Waals surface area contributed by atoms with Crippen molar-refractivity contribution in [3.05, 3.63) is 65.2 Å². The number of benzene rings is 2. The number of aromatic hydroxyl groups is 1. The maximum absolute atomic E-state index is 13.2. The van der Waals surface area contributed by atoms with Gasteiger partial charge in [0.05, 0.1) is 0 Å². The van der Waals surface area contributed by atoms with Crippen LogP contribution in [0.1, 0.15) is 55.7 Å². The molecule has 0 saturated carbocycles. The molecule has 0 aliphatic carbocycles. The summed E-state index contributed by atoms with van der Waals surface area (Å²) in [6.45, 7) is 7.91. The molecule has 0 bridgehead atoms. The van der Waals surface area contributed by atoms with E-state index in [0.29, 0.717) is 32.0 Å². The van der Waals surface area contributed by atoms with Gasteiger partial charge in [0.25, 0.3) is 0 Å². The van der Waals surface area contributed by atoms with Crippen LogP contribution < -0.4 is 10.6 Å². The van der Waals surface area contributed by atoms with Crippen LogP contribution >= 0.6 is 0 Å². The van der Waals surface area contributed by atoms with Crippen LogP contribution in [0.3, 0.4) is 0 Å². The second kappa shape index (κ2) is 11.0. The van der Waals surface area contributed by atoms with Crippen LogP contribution in [-0.4, -0.2) is 41.1 Å². The van der Waals surface area contributed by atoms with Gasteiger partial charge in [-0.3, -0.25) is 4.79 Å². The van der Waals surface area contributed by atoms with Gasteiger partial charge in [0.1, 0.15) is 11.8 Å². The molecule has 32 heavy (non-hydrogen) atoms. The average molecular weight is 438 g/mol. The summed E-state index contributed by atoms with van der Waals surface area (Å²) < 4.78 is 0. The highest BCUT2D eigenvalue weighted by atomic mass is 16.3. The summed E-state index contributed by atoms with van der Waals surface area (Å²) >= 11 is 0. The Kier molecular flexibility index (Phi) is 8.14. The quantitative estimate of drug-likeness (QED) is 0.603. The van der Waals surface area contributed by atoms with E-state index >= 15 is 0 Å². The predicted molar refractivity (Wildman–Crippen MR) is 126 cm³/mol. The lowest BCUT2D eigenvalue weighted by atomic mass is 9.89. The van der Waals surface area contributed by atoms with E-state index in [0.717, 1.165) is 18.4 Å². The van der Waals surface area contributed by atoms with Crippen LogP contribution in [0.25, 0.3) is 0 Å². The number of carbonyl (C=O) groups excluding carboxylic acids is 2. The first-order chi connectivity index (χ1) is 15.3. The highest BCUT2D eigenvalue weighted by Gasteiger charge is 2.30. The van der Waals surface area contributed by atoms with Crippen molar-refractivity contribution in [1.82, 2.24) is 15.5 Å². The van der Waals surface area contributed by atoms with Crippen LogP contribution in [0.5, 0.6) is 5.75 Å². The fourth-order valence-corrected chi connectivity index (χ4v) is 4.19. The molecule has 3 amide bonds. The Morgan fingerprint density at radius 3 is 2.25 bits per heavy atom. The van der Waals surface area contributed by atoms with Gasteiger partial charge in [-0.15, -0.1) is 0 Å².